The molecule has 49 heavy (non-hydrogen) atoms. The quantitative estimate of drug-likeness (QED) is 0.243. The van der Waals surface area contributed by atoms with Gasteiger partial charge in [-0.3, -0.25) is 14.7 Å². The van der Waals surface area contributed by atoms with E-state index in [0.717, 1.165) is 49.1 Å². The van der Waals surface area contributed by atoms with Gasteiger partial charge in [0, 0.05) is 55.9 Å². The summed E-state index contributed by atoms with van der Waals surface area (Å²) in [5.74, 6) is -0.154. The van der Waals surface area contributed by atoms with Crippen LogP contribution in [0.5, 0.6) is 5.75 Å². The number of nitrogens with zero attached hydrogens (tertiary/aromatic N) is 3. The number of benzene rings is 2. The van der Waals surface area contributed by atoms with E-state index >= 15 is 0 Å². The monoisotopic (exact) mass is 685 g/mol. The maximum Gasteiger partial charge on any atom is 0.416 e. The number of fused-ring (bicyclic) bond motifs is 1. The van der Waals surface area contributed by atoms with Crippen LogP contribution in [0.2, 0.25) is 0 Å². The van der Waals surface area contributed by atoms with Crippen molar-refractivity contribution in [2.45, 2.75) is 71.0 Å². The topological polar surface area (TPSA) is 116 Å². The first-order valence-corrected chi connectivity index (χ1v) is 16.5. The molecule has 10 nitrogen and oxygen atoms in total. The number of hydrogen-bond acceptors (Lipinski definition) is 7. The first-order valence-electron chi connectivity index (χ1n) is 16.5. The van der Waals surface area contributed by atoms with Crippen molar-refractivity contribution in [3.63, 3.8) is 0 Å². The van der Waals surface area contributed by atoms with Crippen LogP contribution in [-0.2, 0) is 17.5 Å². The summed E-state index contributed by atoms with van der Waals surface area (Å²) in [5, 5.41) is 15.4. The minimum absolute atomic E-state index is 0.111. The van der Waals surface area contributed by atoms with Gasteiger partial charge in [0.05, 0.1) is 36.0 Å². The van der Waals surface area contributed by atoms with E-state index in [0.29, 0.717) is 25.4 Å². The Kier molecular flexibility index (Phi) is 13.4. The zero-order valence-corrected chi connectivity index (χ0v) is 28.4. The molecule has 4 rings (SSSR count). The Hall–Kier alpha value is -4.20. The summed E-state index contributed by atoms with van der Waals surface area (Å²) in [6.45, 7) is 7.63. The molecule has 4 atom stereocenters. The number of rotatable bonds is 8. The summed E-state index contributed by atoms with van der Waals surface area (Å²) in [4.78, 5) is 35.0. The molecule has 0 bridgehead atoms. The molecule has 0 spiro atoms. The van der Waals surface area contributed by atoms with E-state index in [4.69, 9.17) is 9.47 Å². The van der Waals surface area contributed by atoms with Crippen LogP contribution in [-0.4, -0.2) is 83.4 Å². The van der Waals surface area contributed by atoms with Crippen molar-refractivity contribution < 1.29 is 37.3 Å². The number of carbonyl (C=O) groups is 2. The lowest BCUT2D eigenvalue weighted by Crippen LogP contribution is -2.47. The average Bonchev–Trinajstić information content (AvgIpc) is 3.06. The van der Waals surface area contributed by atoms with Crippen molar-refractivity contribution in [1.29, 1.82) is 0 Å². The molecule has 0 fully saturated rings. The number of anilines is 2. The summed E-state index contributed by atoms with van der Waals surface area (Å²) in [7, 11) is 2.03. The lowest BCUT2D eigenvalue weighted by Gasteiger charge is -2.36. The van der Waals surface area contributed by atoms with Gasteiger partial charge >= 0.3 is 12.2 Å². The van der Waals surface area contributed by atoms with Gasteiger partial charge in [0.15, 0.2) is 0 Å². The third kappa shape index (κ3) is 11.2. The summed E-state index contributed by atoms with van der Waals surface area (Å²) < 4.78 is 51.5. The Labute approximate surface area is 285 Å². The largest absolute Gasteiger partial charge is 0.490 e. The van der Waals surface area contributed by atoms with E-state index in [-0.39, 0.29) is 54.1 Å². The van der Waals surface area contributed by atoms with Crippen LogP contribution in [0.4, 0.5) is 29.3 Å². The number of likely N-dealkylation sites (N-methyl/N-ethyl adjacent to an activating group) is 1. The Morgan fingerprint density at radius 1 is 1.06 bits per heavy atom. The molecule has 3 aromatic rings. The average molecular weight is 686 g/mol. The molecule has 2 aromatic carbocycles. The highest BCUT2D eigenvalue weighted by Crippen LogP contribution is 2.31. The maximum absolute atomic E-state index is 14.3. The van der Waals surface area contributed by atoms with Gasteiger partial charge < -0.3 is 30.1 Å². The number of nitrogens with one attached hydrogen (secondary N) is 2. The molecule has 3 amide bonds. The van der Waals surface area contributed by atoms with E-state index < -0.39 is 23.8 Å². The van der Waals surface area contributed by atoms with Gasteiger partial charge in [-0.25, -0.2) is 4.79 Å². The lowest BCUT2D eigenvalue weighted by atomic mass is 10.0. The summed E-state index contributed by atoms with van der Waals surface area (Å²) in [6, 6.07) is 11.5. The number of aromatic nitrogens is 1. The van der Waals surface area contributed by atoms with Crippen LogP contribution in [0.15, 0.2) is 67.0 Å². The Morgan fingerprint density at radius 2 is 1.73 bits per heavy atom. The molecule has 13 heteroatoms. The van der Waals surface area contributed by atoms with Crippen molar-refractivity contribution in [3.05, 3.63) is 83.7 Å². The Morgan fingerprint density at radius 3 is 2.41 bits per heavy atom. The van der Waals surface area contributed by atoms with Gasteiger partial charge in [-0.1, -0.05) is 6.92 Å². The summed E-state index contributed by atoms with van der Waals surface area (Å²) >= 11 is 0. The molecule has 266 valence electrons. The van der Waals surface area contributed by atoms with Crippen LogP contribution < -0.4 is 15.4 Å². The van der Waals surface area contributed by atoms with E-state index in [9.17, 15) is 27.9 Å². The second kappa shape index (κ2) is 17.5. The number of hydrogen-bond donors (Lipinski definition) is 3. The molecule has 0 radical (unpaired) electrons. The number of aliphatic hydroxyl groups excluding tert-OH is 1. The number of carbonyl (C=O) groups excluding carboxylic acids is 2. The second-order valence-corrected chi connectivity index (χ2v) is 12.7. The van der Waals surface area contributed by atoms with Crippen LogP contribution in [0, 0.1) is 5.92 Å². The summed E-state index contributed by atoms with van der Waals surface area (Å²) in [6.07, 6.45) is 1.03. The van der Waals surface area contributed by atoms with Gasteiger partial charge in [-0.2, -0.15) is 13.2 Å². The smallest absolute Gasteiger partial charge is 0.416 e. The lowest BCUT2D eigenvalue weighted by molar-refractivity contribution is -0.137. The fourth-order valence-corrected chi connectivity index (χ4v) is 5.67. The molecule has 1 aromatic heterocycles. The number of urea groups is 1. The van der Waals surface area contributed by atoms with Crippen molar-refractivity contribution in [2.24, 2.45) is 5.92 Å². The third-order valence-corrected chi connectivity index (χ3v) is 8.47. The van der Waals surface area contributed by atoms with Gasteiger partial charge in [-0.15, -0.1) is 0 Å². The van der Waals surface area contributed by atoms with E-state index in [1.165, 1.54) is 6.07 Å². The normalized spacial score (nSPS) is 20.1. The highest BCUT2D eigenvalue weighted by Gasteiger charge is 2.31. The van der Waals surface area contributed by atoms with Crippen LogP contribution in [0.25, 0.3) is 0 Å². The molecule has 2 heterocycles. The molecule has 0 saturated heterocycles. The highest BCUT2D eigenvalue weighted by atomic mass is 19.4. The number of aliphatic hydroxyl groups is 1. The molecule has 0 unspecified atom stereocenters. The van der Waals surface area contributed by atoms with Gasteiger partial charge in [0.2, 0.25) is 0 Å². The highest BCUT2D eigenvalue weighted by molar-refractivity contribution is 6.02. The number of pyridine rings is 1. The molecule has 0 saturated carbocycles. The first kappa shape index (κ1) is 37.6. The van der Waals surface area contributed by atoms with Crippen molar-refractivity contribution in [3.8, 4) is 5.75 Å². The molecular weight excluding hydrogens is 639 g/mol. The van der Waals surface area contributed by atoms with Crippen LogP contribution in [0.1, 0.15) is 61.5 Å². The van der Waals surface area contributed by atoms with Gasteiger partial charge in [0.1, 0.15) is 5.75 Å². The zero-order valence-electron chi connectivity index (χ0n) is 28.4. The molecule has 3 N–H and O–H groups in total. The SMILES string of the molecule is C[C@@H]1CCCCO[C@H](CN(C)Cc2ccncc2)[C@H](C)CN([C@@H](C)CO)C(=O)c2cc(NC(=O)Nc3ccc(C(F)(F)F)cc3)ccc2O1. The number of ether oxygens (including phenoxy) is 2. The van der Waals surface area contributed by atoms with E-state index in [2.05, 4.69) is 20.5 Å². The maximum atomic E-state index is 14.3. The van der Waals surface area contributed by atoms with E-state index in [1.807, 2.05) is 33.0 Å². The second-order valence-electron chi connectivity index (χ2n) is 12.7. The van der Waals surface area contributed by atoms with Crippen LogP contribution >= 0.6 is 0 Å². The standard InChI is InChI=1S/C36H46F3N5O5/c1-24-20-44(25(2)23-45)34(46)31-19-30(42-35(47)41-29-10-8-28(9-11-29)36(37,38)39)12-13-32(31)49-26(3)7-5-6-18-48-33(24)22-43(4)21-27-14-16-40-17-15-27/h8-17,19,24-26,33,45H,5-7,18,20-23H2,1-4H3,(H2,41,42,47)/t24-,25+,26-,33-/m1/s1. The predicted molar refractivity (Wildman–Crippen MR) is 182 cm³/mol. The fraction of sp³-hybridized carbons (Fsp3) is 0.472. The zero-order chi connectivity index (χ0) is 35.6. The van der Waals surface area contributed by atoms with Crippen molar-refractivity contribution in [1.82, 2.24) is 14.8 Å². The molecule has 0 aliphatic carbocycles. The molecular formula is C36H46F3N5O5. The number of halogens is 3. The van der Waals surface area contributed by atoms with Crippen molar-refractivity contribution in [2.75, 3.05) is 44.0 Å². The molecule has 1 aliphatic rings. The fourth-order valence-electron chi connectivity index (χ4n) is 5.67. The minimum Gasteiger partial charge on any atom is -0.490 e. The Balaban J connectivity index is 1.57. The van der Waals surface area contributed by atoms with Crippen LogP contribution in [0.3, 0.4) is 0 Å². The van der Waals surface area contributed by atoms with Gasteiger partial charge in [0.25, 0.3) is 5.91 Å². The predicted octanol–water partition coefficient (Wildman–Crippen LogP) is 6.67. The van der Waals surface area contributed by atoms with E-state index in [1.54, 1.807) is 36.4 Å². The third-order valence-electron chi connectivity index (χ3n) is 8.47. The Bertz CT molecular complexity index is 1510. The minimum atomic E-state index is -4.49. The first-order chi connectivity index (χ1) is 23.3. The van der Waals surface area contributed by atoms with Crippen molar-refractivity contribution >= 4 is 23.3 Å². The van der Waals surface area contributed by atoms with Gasteiger partial charge in [-0.05, 0) is 100 Å². The molecule has 1 aliphatic heterocycles. The number of amides is 3. The summed E-state index contributed by atoms with van der Waals surface area (Å²) in [5.41, 5.74) is 0.939. The number of alkyl halides is 3.